The van der Waals surface area contributed by atoms with Crippen LogP contribution in [0.2, 0.25) is 0 Å². The van der Waals surface area contributed by atoms with Gasteiger partial charge in [-0.25, -0.2) is 9.78 Å². The quantitative estimate of drug-likeness (QED) is 0.325. The van der Waals surface area contributed by atoms with Crippen molar-refractivity contribution in [3.8, 4) is 22.1 Å². The molecule has 5 aromatic heterocycles. The van der Waals surface area contributed by atoms with E-state index in [-0.39, 0.29) is 5.91 Å². The Labute approximate surface area is 217 Å². The van der Waals surface area contributed by atoms with Crippen LogP contribution in [0.3, 0.4) is 0 Å². The number of pyridine rings is 2. The lowest BCUT2D eigenvalue weighted by molar-refractivity contribution is -0.192. The summed E-state index contributed by atoms with van der Waals surface area (Å²) >= 11 is 1.50. The van der Waals surface area contributed by atoms with Gasteiger partial charge in [-0.05, 0) is 30.3 Å². The van der Waals surface area contributed by atoms with Crippen LogP contribution in [0.25, 0.3) is 27.6 Å². The Morgan fingerprint density at radius 1 is 1.03 bits per heavy atom. The van der Waals surface area contributed by atoms with Crippen molar-refractivity contribution < 1.29 is 27.9 Å². The van der Waals surface area contributed by atoms with Gasteiger partial charge in [-0.2, -0.15) is 13.2 Å². The summed E-state index contributed by atoms with van der Waals surface area (Å²) in [4.78, 5) is 39.3. The van der Waals surface area contributed by atoms with E-state index in [2.05, 4.69) is 20.3 Å². The lowest BCUT2D eigenvalue weighted by Gasteiger charge is -2.04. The molecule has 0 saturated carbocycles. The number of hydrogen-bond donors (Lipinski definition) is 2. The van der Waals surface area contributed by atoms with Gasteiger partial charge in [0.15, 0.2) is 0 Å². The summed E-state index contributed by atoms with van der Waals surface area (Å²) in [6, 6.07) is 13.5. The van der Waals surface area contributed by atoms with Crippen LogP contribution < -0.4 is 5.32 Å². The van der Waals surface area contributed by atoms with Crippen molar-refractivity contribution in [2.24, 2.45) is 0 Å². The Hall–Kier alpha value is -4.65. The lowest BCUT2D eigenvalue weighted by Crippen LogP contribution is -2.25. The van der Waals surface area contributed by atoms with E-state index >= 15 is 0 Å². The average Bonchev–Trinajstić information content (AvgIpc) is 3.55. The number of fused-ring (bicyclic) bond motifs is 1. The predicted molar refractivity (Wildman–Crippen MR) is 133 cm³/mol. The molecule has 5 heterocycles. The van der Waals surface area contributed by atoms with Gasteiger partial charge in [-0.15, -0.1) is 11.3 Å². The molecule has 5 aromatic rings. The minimum Gasteiger partial charge on any atom is -0.475 e. The van der Waals surface area contributed by atoms with Crippen molar-refractivity contribution >= 4 is 28.7 Å². The van der Waals surface area contributed by atoms with E-state index in [9.17, 15) is 18.0 Å². The summed E-state index contributed by atoms with van der Waals surface area (Å²) in [6.07, 6.45) is 4.27. The number of nitrogens with zero attached hydrogens (tertiary/aromatic N) is 5. The third-order valence-electron chi connectivity index (χ3n) is 5.11. The molecule has 5 rings (SSSR count). The molecule has 0 bridgehead atoms. The second-order valence-electron chi connectivity index (χ2n) is 7.66. The van der Waals surface area contributed by atoms with E-state index in [0.29, 0.717) is 18.5 Å². The number of thiazole rings is 1. The second kappa shape index (κ2) is 11.6. The SMILES string of the molecule is O=C(NCCc1ccccn1)c1cc(-c2csc(-c3cnccn3)n2)n2ccccc12.O=C(O)C(F)(F)F. The molecule has 1 amide bonds. The second-order valence-corrected chi connectivity index (χ2v) is 8.52. The number of carbonyl (C=O) groups excluding carboxylic acids is 1. The van der Waals surface area contributed by atoms with Crippen molar-refractivity contribution in [2.45, 2.75) is 12.6 Å². The Morgan fingerprint density at radius 2 is 1.82 bits per heavy atom. The van der Waals surface area contributed by atoms with Gasteiger partial charge in [0.1, 0.15) is 10.7 Å². The topological polar surface area (TPSA) is 122 Å². The first kappa shape index (κ1) is 26.4. The van der Waals surface area contributed by atoms with Gasteiger partial charge in [0.25, 0.3) is 5.91 Å². The molecule has 0 spiro atoms. The van der Waals surface area contributed by atoms with Crippen LogP contribution in [0.5, 0.6) is 0 Å². The predicted octanol–water partition coefficient (Wildman–Crippen LogP) is 4.52. The highest BCUT2D eigenvalue weighted by Crippen LogP contribution is 2.30. The van der Waals surface area contributed by atoms with Crippen molar-refractivity contribution in [1.82, 2.24) is 29.7 Å². The Bertz CT molecular complexity index is 1540. The maximum Gasteiger partial charge on any atom is 0.490 e. The van der Waals surface area contributed by atoms with E-state index in [0.717, 1.165) is 33.3 Å². The van der Waals surface area contributed by atoms with Crippen LogP contribution in [0.4, 0.5) is 13.2 Å². The molecule has 0 aliphatic carbocycles. The number of aromatic nitrogens is 5. The van der Waals surface area contributed by atoms with Crippen LogP contribution >= 0.6 is 11.3 Å². The van der Waals surface area contributed by atoms with Crippen LogP contribution in [0, 0.1) is 0 Å². The Balaban J connectivity index is 0.000000426. The summed E-state index contributed by atoms with van der Waals surface area (Å²) in [5, 5.41) is 12.9. The molecular weight excluding hydrogens is 521 g/mol. The molecule has 2 N–H and O–H groups in total. The number of rotatable bonds is 6. The van der Waals surface area contributed by atoms with Crippen molar-refractivity contribution in [1.29, 1.82) is 0 Å². The van der Waals surface area contributed by atoms with E-state index in [1.807, 2.05) is 58.4 Å². The molecule has 0 aliphatic heterocycles. The number of halogens is 3. The number of carboxylic acids is 1. The first-order valence-electron chi connectivity index (χ1n) is 11.0. The molecule has 9 nitrogen and oxygen atoms in total. The zero-order valence-electron chi connectivity index (χ0n) is 19.5. The van der Waals surface area contributed by atoms with Crippen molar-refractivity contribution in [2.75, 3.05) is 6.54 Å². The van der Waals surface area contributed by atoms with E-state index in [1.54, 1.807) is 24.8 Å². The molecule has 0 saturated heterocycles. The minimum atomic E-state index is -5.08. The van der Waals surface area contributed by atoms with Crippen LogP contribution in [-0.4, -0.2) is 54.0 Å². The molecule has 0 fully saturated rings. The lowest BCUT2D eigenvalue weighted by atomic mass is 10.2. The van der Waals surface area contributed by atoms with Gasteiger partial charge in [-0.1, -0.05) is 12.1 Å². The number of aliphatic carboxylic acids is 1. The van der Waals surface area contributed by atoms with Crippen molar-refractivity contribution in [3.63, 3.8) is 0 Å². The highest BCUT2D eigenvalue weighted by atomic mass is 32.1. The highest BCUT2D eigenvalue weighted by Gasteiger charge is 2.38. The fourth-order valence-electron chi connectivity index (χ4n) is 3.40. The molecule has 0 radical (unpaired) electrons. The maximum atomic E-state index is 12.9. The molecule has 194 valence electrons. The minimum absolute atomic E-state index is 0.115. The molecule has 0 unspecified atom stereocenters. The summed E-state index contributed by atoms with van der Waals surface area (Å²) in [5.74, 6) is -2.87. The van der Waals surface area contributed by atoms with Gasteiger partial charge < -0.3 is 14.8 Å². The number of carboxylic acid groups (broad SMARTS) is 1. The summed E-state index contributed by atoms with van der Waals surface area (Å²) in [5.41, 5.74) is 4.78. The van der Waals surface area contributed by atoms with Crippen LogP contribution in [0.15, 0.2) is 78.8 Å². The van der Waals surface area contributed by atoms with Gasteiger partial charge >= 0.3 is 12.1 Å². The maximum absolute atomic E-state index is 12.9. The third kappa shape index (κ3) is 6.37. The van der Waals surface area contributed by atoms with Crippen molar-refractivity contribution in [3.05, 3.63) is 90.1 Å². The summed E-state index contributed by atoms with van der Waals surface area (Å²) in [6.45, 7) is 0.517. The Kier molecular flexibility index (Phi) is 8.06. The van der Waals surface area contributed by atoms with E-state index in [1.165, 1.54) is 11.3 Å². The summed E-state index contributed by atoms with van der Waals surface area (Å²) in [7, 11) is 0. The first-order chi connectivity index (χ1) is 18.2. The largest absolute Gasteiger partial charge is 0.490 e. The number of carbonyl (C=O) groups is 2. The summed E-state index contributed by atoms with van der Waals surface area (Å²) < 4.78 is 33.7. The fraction of sp³-hybridized carbons (Fsp3) is 0.120. The molecular formula is C25H19F3N6O3S. The van der Waals surface area contributed by atoms with Gasteiger partial charge in [0.2, 0.25) is 0 Å². The zero-order valence-corrected chi connectivity index (χ0v) is 20.3. The molecule has 38 heavy (non-hydrogen) atoms. The normalized spacial score (nSPS) is 11.0. The first-order valence-corrected chi connectivity index (χ1v) is 11.9. The molecule has 0 atom stereocenters. The smallest absolute Gasteiger partial charge is 0.475 e. The molecule has 0 aliphatic rings. The monoisotopic (exact) mass is 540 g/mol. The zero-order chi connectivity index (χ0) is 27.1. The van der Waals surface area contributed by atoms with Crippen LogP contribution in [0.1, 0.15) is 16.1 Å². The van der Waals surface area contributed by atoms with E-state index in [4.69, 9.17) is 14.9 Å². The standard InChI is InChI=1S/C23H18N6OS.C2HF3O2/c30-22(27-9-7-16-5-1-3-8-25-16)17-13-21(29-12-4-2-6-20(17)29)19-15-31-23(28-19)18-14-24-10-11-26-18;3-2(4,5)1(6)7/h1-6,8,10-15H,7,9H2,(H,27,30);(H,6,7). The number of amides is 1. The number of alkyl halides is 3. The van der Waals surface area contributed by atoms with Gasteiger partial charge in [0, 0.05) is 48.8 Å². The van der Waals surface area contributed by atoms with E-state index < -0.39 is 12.1 Å². The fourth-order valence-corrected chi connectivity index (χ4v) is 4.17. The van der Waals surface area contributed by atoms with Gasteiger partial charge in [-0.3, -0.25) is 19.7 Å². The number of nitrogens with one attached hydrogen (secondary N) is 1. The third-order valence-corrected chi connectivity index (χ3v) is 5.97. The number of hydrogen-bond acceptors (Lipinski definition) is 7. The van der Waals surface area contributed by atoms with Crippen LogP contribution in [-0.2, 0) is 11.2 Å². The molecule has 13 heteroatoms. The Morgan fingerprint density at radius 3 is 2.50 bits per heavy atom. The highest BCUT2D eigenvalue weighted by molar-refractivity contribution is 7.13. The van der Waals surface area contributed by atoms with Gasteiger partial charge in [0.05, 0.1) is 28.7 Å². The average molecular weight is 541 g/mol. The molecule has 0 aromatic carbocycles.